The molecule has 3 aromatic rings. The van der Waals surface area contributed by atoms with Crippen LogP contribution < -0.4 is 9.62 Å². The van der Waals surface area contributed by atoms with Gasteiger partial charge >= 0.3 is 12.1 Å². The van der Waals surface area contributed by atoms with E-state index >= 15 is 0 Å². The topological polar surface area (TPSA) is 103 Å². The fourth-order valence-corrected chi connectivity index (χ4v) is 6.70. The van der Waals surface area contributed by atoms with Gasteiger partial charge < -0.3 is 10.0 Å². The van der Waals surface area contributed by atoms with Crippen LogP contribution in [0.15, 0.2) is 52.2 Å². The number of thiazole rings is 1. The second kappa shape index (κ2) is 13.6. The Kier molecular flexibility index (Phi) is 10.9. The molecule has 41 heavy (non-hydrogen) atoms. The van der Waals surface area contributed by atoms with Crippen molar-refractivity contribution in [3.63, 3.8) is 0 Å². The van der Waals surface area contributed by atoms with Gasteiger partial charge in [-0.3, -0.25) is 9.62 Å². The van der Waals surface area contributed by atoms with Gasteiger partial charge in [-0.05, 0) is 30.5 Å². The van der Waals surface area contributed by atoms with E-state index in [9.17, 15) is 26.0 Å². The molecule has 0 radical (unpaired) electrons. The minimum Gasteiger partial charge on any atom is -0.475 e. The van der Waals surface area contributed by atoms with Gasteiger partial charge in [0.2, 0.25) is 0 Å². The number of nitrogens with zero attached hydrogens (tertiary/aromatic N) is 3. The van der Waals surface area contributed by atoms with Crippen molar-refractivity contribution in [3.05, 3.63) is 68.7 Å². The molecule has 4 rings (SSSR count). The summed E-state index contributed by atoms with van der Waals surface area (Å²) in [6, 6.07) is 10.5. The zero-order valence-corrected chi connectivity index (χ0v) is 24.8. The van der Waals surface area contributed by atoms with Gasteiger partial charge in [-0.25, -0.2) is 22.6 Å². The van der Waals surface area contributed by atoms with Crippen LogP contribution in [0.2, 0.25) is 10.0 Å². The van der Waals surface area contributed by atoms with Gasteiger partial charge in [0.1, 0.15) is 10.7 Å². The van der Waals surface area contributed by atoms with E-state index in [2.05, 4.69) is 27.6 Å². The maximum Gasteiger partial charge on any atom is 0.490 e. The second-order valence-electron chi connectivity index (χ2n) is 9.01. The predicted octanol–water partition coefficient (Wildman–Crippen LogP) is 6.68. The maximum atomic E-state index is 15.0. The zero-order chi connectivity index (χ0) is 30.5. The van der Waals surface area contributed by atoms with Gasteiger partial charge in [-0.2, -0.15) is 13.2 Å². The van der Waals surface area contributed by atoms with E-state index in [1.807, 2.05) is 30.1 Å². The number of aliphatic carboxylic acids is 1. The van der Waals surface area contributed by atoms with Crippen LogP contribution >= 0.6 is 34.5 Å². The Morgan fingerprint density at radius 2 is 1.93 bits per heavy atom. The fourth-order valence-electron chi connectivity index (χ4n) is 4.43. The Hall–Kier alpha value is -2.65. The molecule has 2 atom stereocenters. The molecule has 1 saturated heterocycles. The van der Waals surface area contributed by atoms with Crippen molar-refractivity contribution < 1.29 is 35.9 Å². The van der Waals surface area contributed by atoms with Gasteiger partial charge in [0.05, 0.1) is 16.2 Å². The lowest BCUT2D eigenvalue weighted by molar-refractivity contribution is -0.192. The van der Waals surface area contributed by atoms with Gasteiger partial charge in [-0.15, -0.1) is 11.3 Å². The van der Waals surface area contributed by atoms with Crippen LogP contribution in [0.5, 0.6) is 0 Å². The monoisotopic (exact) mass is 656 g/mol. The Balaban J connectivity index is 0.000000587. The average molecular weight is 658 g/mol. The highest BCUT2D eigenvalue weighted by atomic mass is 35.5. The fraction of sp³-hybridized carbons (Fsp3) is 0.360. The summed E-state index contributed by atoms with van der Waals surface area (Å²) in [6.07, 6.45) is -3.31. The van der Waals surface area contributed by atoms with Crippen LogP contribution in [-0.4, -0.2) is 61.7 Å². The number of carboxylic acid groups (broad SMARTS) is 1. The van der Waals surface area contributed by atoms with Crippen molar-refractivity contribution in [2.24, 2.45) is 0 Å². The normalized spacial score (nSPS) is 16.5. The molecule has 0 amide bonds. The SMILES string of the molecule is CC[C@@H](c1ccccc1Cl)N1CCC(N(C)c2cc(F)c(S(=O)(=O)Nc3cscn3)cc2Cl)C1.O=C(O)C(F)(F)F. The molecular weight excluding hydrogens is 631 g/mol. The Bertz CT molecular complexity index is 1460. The molecule has 2 N–H and O–H groups in total. The Labute approximate surface area is 248 Å². The molecular formula is C25H26Cl2F4N4O4S2. The first kappa shape index (κ1) is 32.9. The van der Waals surface area contributed by atoms with Crippen molar-refractivity contribution in [2.45, 2.75) is 42.9 Å². The number of rotatable bonds is 8. The molecule has 2 aromatic carbocycles. The van der Waals surface area contributed by atoms with Gasteiger partial charge in [-0.1, -0.05) is 48.3 Å². The Morgan fingerprint density at radius 1 is 1.27 bits per heavy atom. The summed E-state index contributed by atoms with van der Waals surface area (Å²) in [5.41, 5.74) is 3.03. The molecule has 224 valence electrons. The van der Waals surface area contributed by atoms with Crippen LogP contribution in [-0.2, 0) is 14.8 Å². The van der Waals surface area contributed by atoms with Crippen molar-refractivity contribution in [2.75, 3.05) is 29.8 Å². The summed E-state index contributed by atoms with van der Waals surface area (Å²) in [5.74, 6) is -3.49. The van der Waals surface area contributed by atoms with E-state index in [0.29, 0.717) is 5.69 Å². The molecule has 0 bridgehead atoms. The summed E-state index contributed by atoms with van der Waals surface area (Å²) in [7, 11) is -2.31. The molecule has 0 saturated carbocycles. The number of benzene rings is 2. The summed E-state index contributed by atoms with van der Waals surface area (Å²) >= 11 is 14.1. The zero-order valence-electron chi connectivity index (χ0n) is 21.7. The number of nitrogens with one attached hydrogen (secondary N) is 1. The third-order valence-corrected chi connectivity index (χ3v) is 9.02. The minimum absolute atomic E-state index is 0.0871. The van der Waals surface area contributed by atoms with E-state index in [4.69, 9.17) is 33.1 Å². The maximum absolute atomic E-state index is 15.0. The van der Waals surface area contributed by atoms with Gasteiger partial charge in [0, 0.05) is 48.7 Å². The smallest absolute Gasteiger partial charge is 0.475 e. The highest BCUT2D eigenvalue weighted by Gasteiger charge is 2.38. The molecule has 1 aliphatic rings. The molecule has 16 heteroatoms. The largest absolute Gasteiger partial charge is 0.490 e. The molecule has 1 unspecified atom stereocenters. The van der Waals surface area contributed by atoms with Crippen molar-refractivity contribution in [3.8, 4) is 0 Å². The number of carboxylic acids is 1. The van der Waals surface area contributed by atoms with E-state index in [1.165, 1.54) is 28.3 Å². The van der Waals surface area contributed by atoms with Crippen LogP contribution in [0.4, 0.5) is 29.1 Å². The van der Waals surface area contributed by atoms with Crippen molar-refractivity contribution in [1.29, 1.82) is 0 Å². The van der Waals surface area contributed by atoms with E-state index < -0.39 is 32.9 Å². The van der Waals surface area contributed by atoms with Crippen LogP contribution in [0.3, 0.4) is 0 Å². The molecule has 2 heterocycles. The number of likely N-dealkylation sites (tertiary alicyclic amines) is 1. The number of likely N-dealkylation sites (N-methyl/N-ethyl adjacent to an activating group) is 1. The summed E-state index contributed by atoms with van der Waals surface area (Å²) in [4.78, 5) is 16.6. The Morgan fingerprint density at radius 3 is 2.49 bits per heavy atom. The lowest BCUT2D eigenvalue weighted by Crippen LogP contribution is -2.36. The third kappa shape index (κ3) is 8.22. The van der Waals surface area contributed by atoms with Crippen molar-refractivity contribution >= 4 is 62.0 Å². The highest BCUT2D eigenvalue weighted by molar-refractivity contribution is 7.92. The van der Waals surface area contributed by atoms with Crippen molar-refractivity contribution in [1.82, 2.24) is 9.88 Å². The summed E-state index contributed by atoms with van der Waals surface area (Å²) in [5, 5.41) is 9.57. The van der Waals surface area contributed by atoms with E-state index in [1.54, 1.807) is 0 Å². The number of aromatic nitrogens is 1. The number of halogens is 6. The number of carbonyl (C=O) groups is 1. The average Bonchev–Trinajstić information content (AvgIpc) is 3.58. The predicted molar refractivity (Wildman–Crippen MR) is 151 cm³/mol. The minimum atomic E-state index is -5.08. The first-order chi connectivity index (χ1) is 19.2. The number of anilines is 2. The molecule has 1 fully saturated rings. The molecule has 0 aliphatic carbocycles. The quantitative estimate of drug-likeness (QED) is 0.261. The first-order valence-corrected chi connectivity index (χ1v) is 15.2. The molecule has 0 spiro atoms. The van der Waals surface area contributed by atoms with Gasteiger partial charge in [0.15, 0.2) is 5.82 Å². The summed E-state index contributed by atoms with van der Waals surface area (Å²) in [6.45, 7) is 3.75. The third-order valence-electron chi connectivity index (χ3n) is 6.42. The number of hydrogen-bond donors (Lipinski definition) is 2. The van der Waals surface area contributed by atoms with Gasteiger partial charge in [0.25, 0.3) is 10.0 Å². The highest BCUT2D eigenvalue weighted by Crippen LogP contribution is 2.37. The number of sulfonamides is 1. The second-order valence-corrected chi connectivity index (χ2v) is 12.2. The molecule has 1 aromatic heterocycles. The van der Waals surface area contributed by atoms with Crippen LogP contribution in [0.25, 0.3) is 0 Å². The number of alkyl halides is 3. The number of hydrogen-bond acceptors (Lipinski definition) is 7. The van der Waals surface area contributed by atoms with Crippen LogP contribution in [0.1, 0.15) is 31.4 Å². The molecule has 1 aliphatic heterocycles. The summed E-state index contributed by atoms with van der Waals surface area (Å²) < 4.78 is 74.3. The van der Waals surface area contributed by atoms with Crippen LogP contribution in [0, 0.1) is 5.82 Å². The molecule has 8 nitrogen and oxygen atoms in total. The van der Waals surface area contributed by atoms with E-state index in [-0.39, 0.29) is 22.9 Å². The lowest BCUT2D eigenvalue weighted by atomic mass is 10.0. The first-order valence-electron chi connectivity index (χ1n) is 12.1. The van der Waals surface area contributed by atoms with E-state index in [0.717, 1.165) is 42.6 Å². The standard InChI is InChI=1S/C23H25Cl2FN4O2S2.C2HF3O2/c1-3-20(16-6-4-5-7-17(16)24)30-9-8-15(12-30)29(2)21-11-19(26)22(10-18(21)25)34(31,32)28-23-13-33-14-27-23;3-2(4,5)1(6)7/h4-7,10-11,13-15,20,28H,3,8-9,12H2,1-2H3;(H,6,7)/t15?,20-;/m0./s1. The lowest BCUT2D eigenvalue weighted by Gasteiger charge is -2.31.